The summed E-state index contributed by atoms with van der Waals surface area (Å²) in [5.41, 5.74) is -0.937. The van der Waals surface area contributed by atoms with Gasteiger partial charge in [-0.1, -0.05) is 4.86 Å². The summed E-state index contributed by atoms with van der Waals surface area (Å²) in [5.74, 6) is -2.06. The molecule has 0 unspecified atom stereocenters. The molecule has 0 spiro atoms. The van der Waals surface area contributed by atoms with Crippen LogP contribution in [0.25, 0.3) is 0 Å². The van der Waals surface area contributed by atoms with Crippen molar-refractivity contribution in [3.05, 3.63) is 21.9 Å². The third-order valence-corrected chi connectivity index (χ3v) is 0.978. The molecule has 0 rings (SSSR count). The number of nitrogens with zero attached hydrogens (tertiary/aromatic N) is 2. The van der Waals surface area contributed by atoms with Crippen molar-refractivity contribution in [3.63, 3.8) is 0 Å². The van der Waals surface area contributed by atoms with Gasteiger partial charge < -0.3 is 20.3 Å². The van der Waals surface area contributed by atoms with Gasteiger partial charge in [-0.15, -0.1) is 0 Å². The van der Waals surface area contributed by atoms with Gasteiger partial charge in [-0.3, -0.25) is 0 Å². The van der Waals surface area contributed by atoms with Crippen LogP contribution in [0.5, 0.6) is 0 Å². The second kappa shape index (κ2) is 9.75. The van der Waals surface area contributed by atoms with Crippen molar-refractivity contribution in [2.45, 2.75) is 6.92 Å². The summed E-state index contributed by atoms with van der Waals surface area (Å²) in [6.45, 7) is 0.947. The van der Waals surface area contributed by atoms with Crippen LogP contribution in [0.2, 0.25) is 0 Å². The summed E-state index contributed by atoms with van der Waals surface area (Å²) < 4.78 is 4.06. The molecular formula is C5H6N2Na2O5. The van der Waals surface area contributed by atoms with Crippen molar-refractivity contribution in [1.82, 2.24) is 0 Å². The van der Waals surface area contributed by atoms with E-state index < -0.39 is 22.3 Å². The Morgan fingerprint density at radius 3 is 2.07 bits per heavy atom. The second-order valence-corrected chi connectivity index (χ2v) is 1.75. The Hall–Kier alpha value is 0.210. The third-order valence-electron chi connectivity index (χ3n) is 0.978. The molecule has 0 bridgehead atoms. The molecule has 0 amide bonds. The fraction of sp³-hybridized carbons (Fsp3) is 0.400. The summed E-state index contributed by atoms with van der Waals surface area (Å²) in [7, 11) is 0.976. The van der Waals surface area contributed by atoms with Crippen LogP contribution in [-0.2, 0) is 9.53 Å². The molecule has 9 heteroatoms. The molecule has 68 valence electrons. The van der Waals surface area contributed by atoms with E-state index in [0.29, 0.717) is 0 Å². The molecule has 0 aliphatic carbocycles. The first kappa shape index (κ1) is 19.7. The number of carbonyl (C=O) groups is 1. The van der Waals surface area contributed by atoms with E-state index in [4.69, 9.17) is 0 Å². The predicted octanol–water partition coefficient (Wildman–Crippen LogP) is -6.78. The molecule has 0 N–H and O–H groups in total. The standard InChI is InChI=1S/C5H8N2O5.2Na/c1-3(8)4(5(9)12-2)7(11)6-10;;/h8,10H,1-2H3;;/q;2*+1/p-2/b4-3+,7-6-;;. The SMILES string of the molecule is COC(=O)C(=C(/C)[O-])/[N+]([O-])=N/[O-].[Na+].[Na+]. The molecule has 7 nitrogen and oxygen atoms in total. The van der Waals surface area contributed by atoms with Crippen molar-refractivity contribution >= 4 is 5.97 Å². The minimum atomic E-state index is -1.18. The minimum Gasteiger partial charge on any atom is -0.871 e. The van der Waals surface area contributed by atoms with E-state index >= 15 is 0 Å². The molecule has 0 aromatic heterocycles. The fourth-order valence-corrected chi connectivity index (χ4v) is 0.494. The van der Waals surface area contributed by atoms with Gasteiger partial charge in [0.25, 0.3) is 0 Å². The number of hydrogen-bond acceptors (Lipinski definition) is 6. The van der Waals surface area contributed by atoms with E-state index in [9.17, 15) is 20.3 Å². The van der Waals surface area contributed by atoms with Crippen LogP contribution in [0.1, 0.15) is 6.92 Å². The smallest absolute Gasteiger partial charge is 0.871 e. The fourth-order valence-electron chi connectivity index (χ4n) is 0.494. The topological polar surface area (TPSA) is 111 Å². The monoisotopic (exact) mass is 220 g/mol. The first-order valence-corrected chi connectivity index (χ1v) is 2.81. The van der Waals surface area contributed by atoms with Crippen LogP contribution >= 0.6 is 0 Å². The maximum absolute atomic E-state index is 10.6. The van der Waals surface area contributed by atoms with Crippen LogP contribution in [0.3, 0.4) is 0 Å². The molecule has 0 radical (unpaired) electrons. The molecule has 0 saturated carbocycles. The Labute approximate surface area is 125 Å². The number of hydroxylamine groups is 1. The molecule has 0 aromatic carbocycles. The average Bonchev–Trinajstić information content (AvgIpc) is 2.03. The maximum Gasteiger partial charge on any atom is 1.00 e. The van der Waals surface area contributed by atoms with Crippen molar-refractivity contribution in [2.75, 3.05) is 7.11 Å². The van der Waals surface area contributed by atoms with Crippen LogP contribution < -0.4 is 64.2 Å². The Kier molecular flexibility index (Phi) is 13.7. The zero-order valence-corrected chi connectivity index (χ0v) is 12.4. The summed E-state index contributed by atoms with van der Waals surface area (Å²) in [6, 6.07) is 0. The quantitative estimate of drug-likeness (QED) is 0.0873. The van der Waals surface area contributed by atoms with Gasteiger partial charge in [0.15, 0.2) is 0 Å². The van der Waals surface area contributed by atoms with Gasteiger partial charge in [0.1, 0.15) is 0 Å². The second-order valence-electron chi connectivity index (χ2n) is 1.75. The van der Waals surface area contributed by atoms with E-state index in [1.54, 1.807) is 0 Å². The predicted molar refractivity (Wildman–Crippen MR) is 34.1 cm³/mol. The maximum atomic E-state index is 10.6. The molecule has 0 saturated heterocycles. The summed E-state index contributed by atoms with van der Waals surface area (Å²) in [6.07, 6.45) is 0. The Bertz CT molecular complexity index is 249. The molecule has 0 aliphatic heterocycles. The van der Waals surface area contributed by atoms with E-state index in [0.717, 1.165) is 14.0 Å². The third kappa shape index (κ3) is 5.84. The molecule has 0 aromatic rings. The number of methoxy groups -OCH3 is 1. The number of rotatable bonds is 2. The Morgan fingerprint density at radius 1 is 1.43 bits per heavy atom. The Morgan fingerprint density at radius 2 is 1.86 bits per heavy atom. The number of ether oxygens (including phenoxy) is 1. The normalized spacial score (nSPS) is 11.7. The number of allylic oxidation sites excluding steroid dienone is 1. The van der Waals surface area contributed by atoms with Gasteiger partial charge in [0.2, 0.25) is 0 Å². The summed E-state index contributed by atoms with van der Waals surface area (Å²) >= 11 is 0. The number of esters is 1. The van der Waals surface area contributed by atoms with Crippen LogP contribution in [-0.4, -0.2) is 17.9 Å². The van der Waals surface area contributed by atoms with E-state index in [1.807, 2.05) is 5.28 Å². The first-order valence-electron chi connectivity index (χ1n) is 2.81. The van der Waals surface area contributed by atoms with Gasteiger partial charge >= 0.3 is 70.8 Å². The van der Waals surface area contributed by atoms with E-state index in [-0.39, 0.29) is 59.1 Å². The summed E-state index contributed by atoms with van der Waals surface area (Å²) in [4.78, 5) is 10.0. The molecule has 0 heterocycles. The van der Waals surface area contributed by atoms with Gasteiger partial charge in [-0.25, -0.2) is 4.79 Å². The van der Waals surface area contributed by atoms with Gasteiger partial charge in [0.05, 0.1) is 7.11 Å². The zero-order chi connectivity index (χ0) is 9.72. The number of carbonyl (C=O) groups excluding carboxylic acids is 1. The molecule has 14 heavy (non-hydrogen) atoms. The largest absolute Gasteiger partial charge is 1.00 e. The molecule has 0 atom stereocenters. The van der Waals surface area contributed by atoms with Crippen molar-refractivity contribution in [1.29, 1.82) is 0 Å². The molecular weight excluding hydrogens is 214 g/mol. The minimum absolute atomic E-state index is 0. The van der Waals surface area contributed by atoms with E-state index in [1.165, 1.54) is 0 Å². The van der Waals surface area contributed by atoms with Crippen molar-refractivity contribution in [2.24, 2.45) is 5.28 Å². The Balaban J connectivity index is -0.000000605. The van der Waals surface area contributed by atoms with Crippen LogP contribution in [0.15, 0.2) is 16.7 Å². The summed E-state index contributed by atoms with van der Waals surface area (Å²) in [5, 5.41) is 32.5. The first-order chi connectivity index (χ1) is 5.54. The van der Waals surface area contributed by atoms with Gasteiger partial charge in [-0.05, 0) is 18.0 Å². The van der Waals surface area contributed by atoms with Gasteiger partial charge in [0, 0.05) is 0 Å². The van der Waals surface area contributed by atoms with E-state index in [2.05, 4.69) is 4.74 Å². The van der Waals surface area contributed by atoms with Crippen LogP contribution in [0.4, 0.5) is 0 Å². The average molecular weight is 220 g/mol. The van der Waals surface area contributed by atoms with Crippen molar-refractivity contribution in [3.8, 4) is 0 Å². The molecule has 0 aliphatic rings. The van der Waals surface area contributed by atoms with Gasteiger partial charge in [-0.2, -0.15) is 0 Å². The van der Waals surface area contributed by atoms with Crippen molar-refractivity contribution < 1.29 is 78.6 Å². The molecule has 0 fully saturated rings. The van der Waals surface area contributed by atoms with Crippen LogP contribution in [0, 0.1) is 10.4 Å². The number of hydrogen-bond donors (Lipinski definition) is 0. The zero-order valence-electron chi connectivity index (χ0n) is 8.44.